The van der Waals surface area contributed by atoms with Crippen LogP contribution in [-0.4, -0.2) is 18.6 Å². The summed E-state index contributed by atoms with van der Waals surface area (Å²) in [5.74, 6) is 0.0778. The quantitative estimate of drug-likeness (QED) is 0.857. The van der Waals surface area contributed by atoms with Crippen LogP contribution in [0.3, 0.4) is 0 Å². The van der Waals surface area contributed by atoms with E-state index in [1.807, 2.05) is 30.1 Å². The number of benzene rings is 1. The lowest BCUT2D eigenvalue weighted by Gasteiger charge is -2.18. The van der Waals surface area contributed by atoms with Crippen LogP contribution in [-0.2, 0) is 6.42 Å². The van der Waals surface area contributed by atoms with Crippen LogP contribution in [0.1, 0.15) is 5.56 Å². The van der Waals surface area contributed by atoms with E-state index in [9.17, 15) is 4.39 Å². The van der Waals surface area contributed by atoms with Gasteiger partial charge >= 0.3 is 0 Å². The summed E-state index contributed by atoms with van der Waals surface area (Å²) in [5, 5.41) is 0. The second-order valence-corrected chi connectivity index (χ2v) is 5.03. The number of halogens is 2. The number of hydrogen-bond donors (Lipinski definition) is 0. The molecule has 0 amide bonds. The summed E-state index contributed by atoms with van der Waals surface area (Å²) in [7, 11) is 1.85. The summed E-state index contributed by atoms with van der Waals surface area (Å²) in [6, 6.07) is 11.6. The van der Waals surface area contributed by atoms with Gasteiger partial charge in [-0.25, -0.2) is 9.37 Å². The molecule has 94 valence electrons. The van der Waals surface area contributed by atoms with Crippen LogP contribution in [0.5, 0.6) is 0 Å². The van der Waals surface area contributed by atoms with Crippen LogP contribution in [0.2, 0.25) is 0 Å². The van der Waals surface area contributed by atoms with Crippen molar-refractivity contribution < 1.29 is 4.39 Å². The molecule has 0 bridgehead atoms. The predicted molar refractivity (Wildman–Crippen MR) is 75.3 cm³/mol. The van der Waals surface area contributed by atoms with Crippen LogP contribution >= 0.6 is 15.9 Å². The molecule has 0 radical (unpaired) electrons. The van der Waals surface area contributed by atoms with Crippen molar-refractivity contribution in [2.75, 3.05) is 18.5 Å². The Morgan fingerprint density at radius 2 is 2.00 bits per heavy atom. The molecule has 0 saturated carbocycles. The maximum atomic E-state index is 13.7. The van der Waals surface area contributed by atoms with Crippen molar-refractivity contribution in [2.24, 2.45) is 0 Å². The maximum Gasteiger partial charge on any atom is 0.166 e. The standard InChI is InChI=1S/C14H14BrFN2/c1-18(8-7-11-5-3-2-4-6-11)14-13(16)9-12(15)10-17-14/h2-6,9-10H,7-8H2,1H3. The Bertz CT molecular complexity index is 516. The van der Waals surface area contributed by atoms with Crippen LogP contribution in [0, 0.1) is 5.82 Å². The zero-order valence-corrected chi connectivity index (χ0v) is 11.7. The summed E-state index contributed by atoms with van der Waals surface area (Å²) in [5.41, 5.74) is 1.24. The molecular formula is C14H14BrFN2. The van der Waals surface area contributed by atoms with Crippen molar-refractivity contribution in [3.63, 3.8) is 0 Å². The first-order valence-electron chi connectivity index (χ1n) is 5.73. The number of aromatic nitrogens is 1. The maximum absolute atomic E-state index is 13.7. The molecule has 0 unspecified atom stereocenters. The van der Waals surface area contributed by atoms with Crippen LogP contribution < -0.4 is 4.90 Å². The van der Waals surface area contributed by atoms with E-state index < -0.39 is 0 Å². The van der Waals surface area contributed by atoms with Crippen LogP contribution in [0.4, 0.5) is 10.2 Å². The van der Waals surface area contributed by atoms with E-state index in [0.29, 0.717) is 10.3 Å². The van der Waals surface area contributed by atoms with E-state index >= 15 is 0 Å². The highest BCUT2D eigenvalue weighted by Gasteiger charge is 2.09. The van der Waals surface area contributed by atoms with Crippen LogP contribution in [0.25, 0.3) is 0 Å². The van der Waals surface area contributed by atoms with Crippen molar-refractivity contribution in [1.82, 2.24) is 4.98 Å². The Labute approximate surface area is 115 Å². The Kier molecular flexibility index (Phi) is 4.31. The summed E-state index contributed by atoms with van der Waals surface area (Å²) in [6.45, 7) is 0.732. The topological polar surface area (TPSA) is 16.1 Å². The van der Waals surface area contributed by atoms with E-state index in [1.54, 1.807) is 6.20 Å². The fourth-order valence-corrected chi connectivity index (χ4v) is 2.04. The highest BCUT2D eigenvalue weighted by Crippen LogP contribution is 2.19. The number of anilines is 1. The fraction of sp³-hybridized carbons (Fsp3) is 0.214. The van der Waals surface area contributed by atoms with Crippen molar-refractivity contribution in [3.05, 3.63) is 58.4 Å². The SMILES string of the molecule is CN(CCc1ccccc1)c1ncc(Br)cc1F. The Morgan fingerprint density at radius 1 is 1.28 bits per heavy atom. The molecule has 0 aliphatic rings. The average molecular weight is 309 g/mol. The predicted octanol–water partition coefficient (Wildman–Crippen LogP) is 3.66. The summed E-state index contributed by atoms with van der Waals surface area (Å²) >= 11 is 3.20. The molecule has 0 aliphatic heterocycles. The lowest BCUT2D eigenvalue weighted by Crippen LogP contribution is -2.22. The molecule has 0 atom stereocenters. The van der Waals surface area contributed by atoms with Gasteiger partial charge in [-0.15, -0.1) is 0 Å². The second-order valence-electron chi connectivity index (χ2n) is 4.12. The molecule has 2 aromatic rings. The second kappa shape index (κ2) is 5.96. The number of nitrogens with zero attached hydrogens (tertiary/aromatic N) is 2. The summed E-state index contributed by atoms with van der Waals surface area (Å²) < 4.78 is 14.3. The lowest BCUT2D eigenvalue weighted by atomic mass is 10.1. The van der Waals surface area contributed by atoms with E-state index in [0.717, 1.165) is 13.0 Å². The molecule has 4 heteroatoms. The molecule has 0 N–H and O–H groups in total. The largest absolute Gasteiger partial charge is 0.357 e. The molecule has 0 fully saturated rings. The molecule has 18 heavy (non-hydrogen) atoms. The summed E-state index contributed by atoms with van der Waals surface area (Å²) in [4.78, 5) is 5.92. The van der Waals surface area contributed by atoms with Gasteiger partial charge in [-0.1, -0.05) is 30.3 Å². The van der Waals surface area contributed by atoms with Crippen molar-refractivity contribution in [3.8, 4) is 0 Å². The van der Waals surface area contributed by atoms with Gasteiger partial charge in [0.25, 0.3) is 0 Å². The van der Waals surface area contributed by atoms with Gasteiger partial charge in [-0.3, -0.25) is 0 Å². The fourth-order valence-electron chi connectivity index (χ4n) is 1.74. The molecule has 2 rings (SSSR count). The van der Waals surface area contributed by atoms with Gasteiger partial charge in [0.1, 0.15) is 0 Å². The molecule has 1 aromatic carbocycles. The van der Waals surface area contributed by atoms with E-state index in [1.165, 1.54) is 11.6 Å². The molecular weight excluding hydrogens is 295 g/mol. The third-order valence-electron chi connectivity index (χ3n) is 2.73. The first kappa shape index (κ1) is 13.0. The van der Waals surface area contributed by atoms with E-state index in [2.05, 4.69) is 33.0 Å². The smallest absolute Gasteiger partial charge is 0.166 e. The van der Waals surface area contributed by atoms with Gasteiger partial charge in [0.05, 0.1) is 0 Å². The lowest BCUT2D eigenvalue weighted by molar-refractivity contribution is 0.613. The highest BCUT2D eigenvalue weighted by molar-refractivity contribution is 9.10. The zero-order chi connectivity index (χ0) is 13.0. The van der Waals surface area contributed by atoms with Gasteiger partial charge < -0.3 is 4.90 Å². The minimum atomic E-state index is -0.306. The minimum absolute atomic E-state index is 0.306. The first-order chi connectivity index (χ1) is 8.66. The Balaban J connectivity index is 2.01. The van der Waals surface area contributed by atoms with Gasteiger partial charge in [-0.2, -0.15) is 0 Å². The third kappa shape index (κ3) is 3.29. The monoisotopic (exact) mass is 308 g/mol. The van der Waals surface area contributed by atoms with E-state index in [-0.39, 0.29) is 5.82 Å². The number of likely N-dealkylation sites (N-methyl/N-ethyl adjacent to an activating group) is 1. The highest BCUT2D eigenvalue weighted by atomic mass is 79.9. The molecule has 2 nitrogen and oxygen atoms in total. The Morgan fingerprint density at radius 3 is 2.67 bits per heavy atom. The van der Waals surface area contributed by atoms with E-state index in [4.69, 9.17) is 0 Å². The first-order valence-corrected chi connectivity index (χ1v) is 6.52. The average Bonchev–Trinajstić information content (AvgIpc) is 2.37. The van der Waals surface area contributed by atoms with Crippen LogP contribution in [0.15, 0.2) is 47.1 Å². The summed E-state index contributed by atoms with van der Waals surface area (Å²) in [6.07, 6.45) is 2.48. The van der Waals surface area contributed by atoms with Crippen molar-refractivity contribution >= 4 is 21.7 Å². The number of pyridine rings is 1. The van der Waals surface area contributed by atoms with Gasteiger partial charge in [-0.05, 0) is 34.0 Å². The van der Waals surface area contributed by atoms with Crippen molar-refractivity contribution in [1.29, 1.82) is 0 Å². The van der Waals surface area contributed by atoms with Gasteiger partial charge in [0.2, 0.25) is 0 Å². The number of rotatable bonds is 4. The third-order valence-corrected chi connectivity index (χ3v) is 3.16. The van der Waals surface area contributed by atoms with Gasteiger partial charge in [0.15, 0.2) is 11.6 Å². The molecule has 0 spiro atoms. The zero-order valence-electron chi connectivity index (χ0n) is 10.1. The Hall–Kier alpha value is -1.42. The number of hydrogen-bond acceptors (Lipinski definition) is 2. The van der Waals surface area contributed by atoms with Crippen molar-refractivity contribution in [2.45, 2.75) is 6.42 Å². The minimum Gasteiger partial charge on any atom is -0.357 e. The molecule has 1 aromatic heterocycles. The molecule has 0 saturated heterocycles. The normalized spacial score (nSPS) is 10.4. The molecule has 1 heterocycles. The molecule has 0 aliphatic carbocycles. The van der Waals surface area contributed by atoms with Gasteiger partial charge in [0, 0.05) is 24.3 Å².